The molecule has 4 heteroatoms. The van der Waals surface area contributed by atoms with Crippen LogP contribution >= 0.6 is 0 Å². The number of carbonyl (C=O) groups is 1. The van der Waals surface area contributed by atoms with Crippen molar-refractivity contribution in [2.75, 3.05) is 11.9 Å². The van der Waals surface area contributed by atoms with Gasteiger partial charge < -0.3 is 15.8 Å². The number of benzene rings is 1. The molecule has 19 heavy (non-hydrogen) atoms. The summed E-state index contributed by atoms with van der Waals surface area (Å²) in [6.45, 7) is 2.36. The van der Waals surface area contributed by atoms with Crippen LogP contribution in [0, 0.1) is 5.41 Å². The lowest BCUT2D eigenvalue weighted by atomic mass is 9.78. The molecule has 102 valence electrons. The Hall–Kier alpha value is -1.55. The highest BCUT2D eigenvalue weighted by Crippen LogP contribution is 2.46. The molecular formula is C15H20N2O2. The topological polar surface area (TPSA) is 64.3 Å². The summed E-state index contributed by atoms with van der Waals surface area (Å²) < 4.78 is 5.37. The van der Waals surface area contributed by atoms with Crippen LogP contribution in [0.4, 0.5) is 5.69 Å². The Morgan fingerprint density at radius 1 is 1.37 bits per heavy atom. The van der Waals surface area contributed by atoms with Crippen LogP contribution < -0.4 is 15.8 Å². The lowest BCUT2D eigenvalue weighted by Gasteiger charge is -2.32. The fraction of sp³-hybridized carbons (Fsp3) is 0.533. The van der Waals surface area contributed by atoms with E-state index in [2.05, 4.69) is 12.2 Å². The predicted octanol–water partition coefficient (Wildman–Crippen LogP) is 2.60. The number of nitrogens with one attached hydrogen (secondary N) is 1. The number of hydrogen-bond donors (Lipinski definition) is 2. The van der Waals surface area contributed by atoms with Gasteiger partial charge in [-0.1, -0.05) is 25.8 Å². The Kier molecular flexibility index (Phi) is 2.97. The maximum Gasteiger partial charge on any atom is 0.262 e. The molecule has 1 unspecified atom stereocenters. The summed E-state index contributed by atoms with van der Waals surface area (Å²) in [6.07, 6.45) is 4.87. The normalized spacial score (nSPS) is 22.3. The molecule has 4 nitrogen and oxygen atoms in total. The highest BCUT2D eigenvalue weighted by molar-refractivity contribution is 5.95. The minimum absolute atomic E-state index is 0.0131. The first kappa shape index (κ1) is 12.5. The summed E-state index contributed by atoms with van der Waals surface area (Å²) in [4.78, 5) is 11.4. The molecule has 1 aromatic carbocycles. The number of anilines is 1. The zero-order valence-corrected chi connectivity index (χ0v) is 11.2. The fourth-order valence-electron chi connectivity index (χ4n) is 3.19. The molecule has 2 aliphatic rings. The highest BCUT2D eigenvalue weighted by atomic mass is 16.5. The second-order valence-electron chi connectivity index (χ2n) is 5.93. The molecule has 3 rings (SSSR count). The number of ether oxygens (including phenoxy) is 1. The molecule has 1 aliphatic carbocycles. The molecule has 0 bridgehead atoms. The van der Waals surface area contributed by atoms with Crippen LogP contribution in [0.1, 0.15) is 44.2 Å². The monoisotopic (exact) mass is 260 g/mol. The Morgan fingerprint density at radius 2 is 2.11 bits per heavy atom. The van der Waals surface area contributed by atoms with Crippen LogP contribution in [-0.2, 0) is 4.79 Å². The number of rotatable bonds is 2. The van der Waals surface area contributed by atoms with Crippen molar-refractivity contribution in [3.63, 3.8) is 0 Å². The maximum atomic E-state index is 11.4. The van der Waals surface area contributed by atoms with E-state index in [0.29, 0.717) is 0 Å². The van der Waals surface area contributed by atoms with E-state index < -0.39 is 0 Å². The van der Waals surface area contributed by atoms with Crippen molar-refractivity contribution in [2.45, 2.75) is 38.6 Å². The van der Waals surface area contributed by atoms with Crippen molar-refractivity contribution in [3.05, 3.63) is 23.8 Å². The van der Waals surface area contributed by atoms with E-state index in [1.807, 2.05) is 18.2 Å². The molecule has 1 amide bonds. The Morgan fingerprint density at radius 3 is 2.84 bits per heavy atom. The third kappa shape index (κ3) is 2.21. The van der Waals surface area contributed by atoms with E-state index in [-0.39, 0.29) is 24.0 Å². The average molecular weight is 260 g/mol. The standard InChI is InChI=1S/C15H20N2O2/c1-15(6-2-3-7-15)14(16)10-4-5-12-11(8-10)17-13(18)9-19-12/h4-5,8,14H,2-3,6-7,9,16H2,1H3,(H,17,18). The second-order valence-corrected chi connectivity index (χ2v) is 5.93. The van der Waals surface area contributed by atoms with Crippen molar-refractivity contribution in [1.82, 2.24) is 0 Å². The molecule has 0 radical (unpaired) electrons. The van der Waals surface area contributed by atoms with E-state index in [1.165, 1.54) is 25.7 Å². The summed E-state index contributed by atoms with van der Waals surface area (Å²) in [6, 6.07) is 5.90. The summed E-state index contributed by atoms with van der Waals surface area (Å²) in [5.41, 5.74) is 8.44. The summed E-state index contributed by atoms with van der Waals surface area (Å²) in [7, 11) is 0. The van der Waals surface area contributed by atoms with E-state index >= 15 is 0 Å². The Bertz CT molecular complexity index is 507. The maximum absolute atomic E-state index is 11.4. The van der Waals surface area contributed by atoms with Crippen LogP contribution in [0.2, 0.25) is 0 Å². The summed E-state index contributed by atoms with van der Waals surface area (Å²) in [5, 5.41) is 2.84. The van der Waals surface area contributed by atoms with Crippen molar-refractivity contribution >= 4 is 11.6 Å². The summed E-state index contributed by atoms with van der Waals surface area (Å²) >= 11 is 0. The molecule has 1 saturated carbocycles. The Labute approximate surface area is 113 Å². The van der Waals surface area contributed by atoms with Crippen molar-refractivity contribution in [3.8, 4) is 5.75 Å². The molecule has 1 fully saturated rings. The highest BCUT2D eigenvalue weighted by Gasteiger charge is 2.36. The number of hydrogen-bond acceptors (Lipinski definition) is 3. The molecule has 0 spiro atoms. The van der Waals surface area contributed by atoms with Crippen molar-refractivity contribution in [1.29, 1.82) is 0 Å². The minimum Gasteiger partial charge on any atom is -0.482 e. The van der Waals surface area contributed by atoms with Gasteiger partial charge >= 0.3 is 0 Å². The average Bonchev–Trinajstić information content (AvgIpc) is 2.85. The number of fused-ring (bicyclic) bond motifs is 1. The first-order valence-corrected chi connectivity index (χ1v) is 6.91. The van der Waals surface area contributed by atoms with Gasteiger partial charge in [-0.25, -0.2) is 0 Å². The van der Waals surface area contributed by atoms with Crippen LogP contribution in [0.3, 0.4) is 0 Å². The minimum atomic E-state index is -0.106. The van der Waals surface area contributed by atoms with E-state index in [0.717, 1.165) is 17.0 Å². The van der Waals surface area contributed by atoms with Gasteiger partial charge in [0.25, 0.3) is 5.91 Å². The molecule has 1 aromatic rings. The molecule has 1 heterocycles. The first-order chi connectivity index (χ1) is 9.08. The molecule has 1 aliphatic heterocycles. The van der Waals surface area contributed by atoms with Crippen molar-refractivity contribution in [2.24, 2.45) is 11.1 Å². The van der Waals surface area contributed by atoms with Gasteiger partial charge in [0.05, 0.1) is 5.69 Å². The van der Waals surface area contributed by atoms with Crippen LogP contribution in [0.5, 0.6) is 5.75 Å². The summed E-state index contributed by atoms with van der Waals surface area (Å²) in [5.74, 6) is 0.623. The van der Waals surface area contributed by atoms with Gasteiger partial charge in [0.15, 0.2) is 6.61 Å². The molecule has 0 saturated heterocycles. The van der Waals surface area contributed by atoms with Gasteiger partial charge in [0.2, 0.25) is 0 Å². The fourth-order valence-corrected chi connectivity index (χ4v) is 3.19. The zero-order valence-electron chi connectivity index (χ0n) is 11.2. The quantitative estimate of drug-likeness (QED) is 0.859. The third-order valence-electron chi connectivity index (χ3n) is 4.49. The molecule has 1 atom stereocenters. The smallest absolute Gasteiger partial charge is 0.262 e. The van der Waals surface area contributed by atoms with Gasteiger partial charge in [-0.3, -0.25) is 4.79 Å². The number of carbonyl (C=O) groups excluding carboxylic acids is 1. The lowest BCUT2D eigenvalue weighted by Crippen LogP contribution is -2.30. The van der Waals surface area contributed by atoms with Gasteiger partial charge in [-0.2, -0.15) is 0 Å². The third-order valence-corrected chi connectivity index (χ3v) is 4.49. The molecule has 3 N–H and O–H groups in total. The van der Waals surface area contributed by atoms with E-state index in [4.69, 9.17) is 10.5 Å². The van der Waals surface area contributed by atoms with Crippen molar-refractivity contribution < 1.29 is 9.53 Å². The largest absolute Gasteiger partial charge is 0.482 e. The van der Waals surface area contributed by atoms with Gasteiger partial charge in [0, 0.05) is 6.04 Å². The van der Waals surface area contributed by atoms with E-state index in [9.17, 15) is 4.79 Å². The Balaban J connectivity index is 1.89. The second kappa shape index (κ2) is 4.53. The van der Waals surface area contributed by atoms with Crippen LogP contribution in [0.15, 0.2) is 18.2 Å². The van der Waals surface area contributed by atoms with Crippen LogP contribution in [-0.4, -0.2) is 12.5 Å². The predicted molar refractivity (Wildman–Crippen MR) is 74.1 cm³/mol. The van der Waals surface area contributed by atoms with Gasteiger partial charge in [-0.15, -0.1) is 0 Å². The number of amides is 1. The lowest BCUT2D eigenvalue weighted by molar-refractivity contribution is -0.118. The van der Waals surface area contributed by atoms with E-state index in [1.54, 1.807) is 0 Å². The SMILES string of the molecule is CC1(C(N)c2ccc3c(c2)NC(=O)CO3)CCCC1. The zero-order chi connectivity index (χ0) is 13.5. The van der Waals surface area contributed by atoms with Crippen LogP contribution in [0.25, 0.3) is 0 Å². The number of nitrogens with two attached hydrogens (primary N) is 1. The van der Waals surface area contributed by atoms with Gasteiger partial charge in [-0.05, 0) is 36.0 Å². The molecular weight excluding hydrogens is 240 g/mol. The van der Waals surface area contributed by atoms with Gasteiger partial charge in [0.1, 0.15) is 5.75 Å². The first-order valence-electron chi connectivity index (χ1n) is 6.91. The molecule has 0 aromatic heterocycles.